The minimum Gasteiger partial charge on any atom is -0.338 e. The molecule has 1 aliphatic rings. The molecule has 1 aromatic carbocycles. The minimum absolute atomic E-state index is 0.572. The van der Waals surface area contributed by atoms with Gasteiger partial charge < -0.3 is 4.52 Å². The second-order valence-electron chi connectivity index (χ2n) is 6.17. The number of hydrogen-bond donors (Lipinski definition) is 0. The van der Waals surface area contributed by atoms with Crippen molar-refractivity contribution in [2.75, 3.05) is 0 Å². The van der Waals surface area contributed by atoms with E-state index in [-0.39, 0.29) is 0 Å². The van der Waals surface area contributed by atoms with E-state index in [9.17, 15) is 0 Å². The Morgan fingerprint density at radius 1 is 1.23 bits per heavy atom. The van der Waals surface area contributed by atoms with Gasteiger partial charge in [-0.1, -0.05) is 41.4 Å². The predicted molar refractivity (Wildman–Crippen MR) is 86.9 cm³/mol. The SMILES string of the molecule is C[C@@H]1CCC[C@H](C)N1Cc1nc(Cc2ccccc2Cl)no1. The Balaban J connectivity index is 1.67. The highest BCUT2D eigenvalue weighted by molar-refractivity contribution is 6.31. The molecule has 0 N–H and O–H groups in total. The summed E-state index contributed by atoms with van der Waals surface area (Å²) in [7, 11) is 0. The molecule has 1 fully saturated rings. The van der Waals surface area contributed by atoms with Crippen molar-refractivity contribution in [1.29, 1.82) is 0 Å². The molecule has 5 heteroatoms. The number of halogens is 1. The van der Waals surface area contributed by atoms with Gasteiger partial charge in [-0.2, -0.15) is 4.98 Å². The first-order valence-corrected chi connectivity index (χ1v) is 8.32. The van der Waals surface area contributed by atoms with Gasteiger partial charge in [0.25, 0.3) is 0 Å². The molecule has 0 bridgehead atoms. The van der Waals surface area contributed by atoms with Crippen molar-refractivity contribution < 1.29 is 4.52 Å². The fourth-order valence-electron chi connectivity index (χ4n) is 3.18. The highest BCUT2D eigenvalue weighted by Gasteiger charge is 2.26. The summed E-state index contributed by atoms with van der Waals surface area (Å²) in [5.41, 5.74) is 1.02. The van der Waals surface area contributed by atoms with Gasteiger partial charge in [0.05, 0.1) is 6.54 Å². The number of hydrogen-bond acceptors (Lipinski definition) is 4. The summed E-state index contributed by atoms with van der Waals surface area (Å²) in [6, 6.07) is 8.92. The van der Waals surface area contributed by atoms with E-state index >= 15 is 0 Å². The van der Waals surface area contributed by atoms with Crippen LogP contribution >= 0.6 is 11.6 Å². The Bertz CT molecular complexity index is 618. The number of nitrogens with zero attached hydrogens (tertiary/aromatic N) is 3. The van der Waals surface area contributed by atoms with Gasteiger partial charge >= 0.3 is 0 Å². The van der Waals surface area contributed by atoms with Crippen LogP contribution in [0.1, 0.15) is 50.4 Å². The zero-order valence-electron chi connectivity index (χ0n) is 13.1. The maximum Gasteiger partial charge on any atom is 0.240 e. The Labute approximate surface area is 136 Å². The number of rotatable bonds is 4. The third-order valence-electron chi connectivity index (χ3n) is 4.51. The molecule has 0 saturated carbocycles. The molecule has 4 nitrogen and oxygen atoms in total. The van der Waals surface area contributed by atoms with Gasteiger partial charge in [-0.3, -0.25) is 4.90 Å². The first-order valence-electron chi connectivity index (χ1n) is 7.94. The second-order valence-corrected chi connectivity index (χ2v) is 6.58. The van der Waals surface area contributed by atoms with E-state index in [2.05, 4.69) is 28.9 Å². The molecule has 0 unspecified atom stereocenters. The quantitative estimate of drug-likeness (QED) is 0.851. The smallest absolute Gasteiger partial charge is 0.240 e. The van der Waals surface area contributed by atoms with Gasteiger partial charge in [0.1, 0.15) is 0 Å². The molecular weight excluding hydrogens is 298 g/mol. The Hall–Kier alpha value is -1.39. The molecule has 0 radical (unpaired) electrons. The molecule has 1 aromatic heterocycles. The van der Waals surface area contributed by atoms with Crippen LogP contribution in [0.3, 0.4) is 0 Å². The number of likely N-dealkylation sites (tertiary alicyclic amines) is 1. The Morgan fingerprint density at radius 2 is 1.95 bits per heavy atom. The normalized spacial score (nSPS) is 22.9. The van der Waals surface area contributed by atoms with Crippen LogP contribution in [-0.2, 0) is 13.0 Å². The van der Waals surface area contributed by atoms with Crippen LogP contribution in [0.2, 0.25) is 5.02 Å². The monoisotopic (exact) mass is 319 g/mol. The summed E-state index contributed by atoms with van der Waals surface area (Å²) in [5, 5.41) is 4.84. The predicted octanol–water partition coefficient (Wildman–Crippen LogP) is 4.08. The molecule has 2 heterocycles. The van der Waals surface area contributed by atoms with E-state index in [1.54, 1.807) is 0 Å². The van der Waals surface area contributed by atoms with Gasteiger partial charge in [-0.05, 0) is 38.3 Å². The van der Waals surface area contributed by atoms with Crippen molar-refractivity contribution >= 4 is 11.6 Å². The highest BCUT2D eigenvalue weighted by Crippen LogP contribution is 2.24. The van der Waals surface area contributed by atoms with Crippen molar-refractivity contribution in [3.63, 3.8) is 0 Å². The molecule has 1 aliphatic heterocycles. The van der Waals surface area contributed by atoms with Gasteiger partial charge in [0.2, 0.25) is 5.89 Å². The summed E-state index contributed by atoms with van der Waals surface area (Å²) in [6.07, 6.45) is 4.39. The number of benzene rings is 1. The van der Waals surface area contributed by atoms with Crippen LogP contribution in [0.25, 0.3) is 0 Å². The van der Waals surface area contributed by atoms with E-state index < -0.39 is 0 Å². The van der Waals surface area contributed by atoms with E-state index in [1.165, 1.54) is 19.3 Å². The summed E-state index contributed by atoms with van der Waals surface area (Å²) < 4.78 is 5.43. The molecular formula is C17H22ClN3O. The molecule has 0 spiro atoms. The average molecular weight is 320 g/mol. The topological polar surface area (TPSA) is 42.2 Å². The zero-order valence-corrected chi connectivity index (χ0v) is 13.9. The molecule has 118 valence electrons. The number of aromatic nitrogens is 2. The molecule has 0 aliphatic carbocycles. The fraction of sp³-hybridized carbons (Fsp3) is 0.529. The Kier molecular flexibility index (Phi) is 4.79. The van der Waals surface area contributed by atoms with Gasteiger partial charge in [-0.25, -0.2) is 0 Å². The largest absolute Gasteiger partial charge is 0.338 e. The highest BCUT2D eigenvalue weighted by atomic mass is 35.5. The van der Waals surface area contributed by atoms with Crippen LogP contribution in [0.15, 0.2) is 28.8 Å². The third kappa shape index (κ3) is 3.50. The third-order valence-corrected chi connectivity index (χ3v) is 4.88. The molecule has 22 heavy (non-hydrogen) atoms. The summed E-state index contributed by atoms with van der Waals surface area (Å²) in [5.74, 6) is 1.39. The fourth-order valence-corrected chi connectivity index (χ4v) is 3.38. The van der Waals surface area contributed by atoms with Crippen molar-refractivity contribution in [1.82, 2.24) is 15.0 Å². The lowest BCUT2D eigenvalue weighted by Gasteiger charge is -2.37. The average Bonchev–Trinajstić information content (AvgIpc) is 2.93. The van der Waals surface area contributed by atoms with Crippen molar-refractivity contribution in [2.24, 2.45) is 0 Å². The summed E-state index contributed by atoms with van der Waals surface area (Å²) in [6.45, 7) is 5.28. The lowest BCUT2D eigenvalue weighted by molar-refractivity contribution is 0.0825. The molecule has 2 aromatic rings. The lowest BCUT2D eigenvalue weighted by atomic mass is 9.98. The second kappa shape index (κ2) is 6.80. The Morgan fingerprint density at radius 3 is 2.68 bits per heavy atom. The lowest BCUT2D eigenvalue weighted by Crippen LogP contribution is -2.43. The standard InChI is InChI=1S/C17H22ClN3O/c1-12-6-5-7-13(2)21(12)11-17-19-16(20-22-17)10-14-8-3-4-9-15(14)18/h3-4,8-9,12-13H,5-7,10-11H2,1-2H3/t12-,13+. The van der Waals surface area contributed by atoms with E-state index in [0.29, 0.717) is 30.2 Å². The van der Waals surface area contributed by atoms with Crippen molar-refractivity contribution in [2.45, 2.75) is 58.2 Å². The minimum atomic E-state index is 0.572. The van der Waals surface area contributed by atoms with Crippen molar-refractivity contribution in [3.8, 4) is 0 Å². The van der Waals surface area contributed by atoms with Crippen LogP contribution in [0.4, 0.5) is 0 Å². The first-order chi connectivity index (χ1) is 10.6. The molecule has 0 amide bonds. The van der Waals surface area contributed by atoms with Crippen LogP contribution < -0.4 is 0 Å². The van der Waals surface area contributed by atoms with Crippen molar-refractivity contribution in [3.05, 3.63) is 46.6 Å². The van der Waals surface area contributed by atoms with Crippen LogP contribution in [0.5, 0.6) is 0 Å². The summed E-state index contributed by atoms with van der Waals surface area (Å²) >= 11 is 6.18. The van der Waals surface area contributed by atoms with Crippen LogP contribution in [-0.4, -0.2) is 27.1 Å². The molecule has 1 saturated heterocycles. The van der Waals surface area contributed by atoms with Gasteiger partial charge in [0.15, 0.2) is 5.82 Å². The van der Waals surface area contributed by atoms with Crippen LogP contribution in [0, 0.1) is 0 Å². The maximum absolute atomic E-state index is 6.18. The van der Waals surface area contributed by atoms with E-state index in [1.807, 2.05) is 24.3 Å². The van der Waals surface area contributed by atoms with E-state index in [4.69, 9.17) is 16.1 Å². The summed E-state index contributed by atoms with van der Waals surface area (Å²) in [4.78, 5) is 6.99. The van der Waals surface area contributed by atoms with Gasteiger partial charge in [0, 0.05) is 23.5 Å². The van der Waals surface area contributed by atoms with E-state index in [0.717, 1.165) is 17.1 Å². The molecule has 2 atom stereocenters. The zero-order chi connectivity index (χ0) is 15.5. The first kappa shape index (κ1) is 15.5. The molecule has 3 rings (SSSR count). The maximum atomic E-state index is 6.18. The number of piperidine rings is 1. The van der Waals surface area contributed by atoms with Gasteiger partial charge in [-0.15, -0.1) is 0 Å².